The summed E-state index contributed by atoms with van der Waals surface area (Å²) in [6.07, 6.45) is 6.13. The van der Waals surface area contributed by atoms with Crippen LogP contribution >= 0.6 is 0 Å². The average molecular weight is 243 g/mol. The molecule has 1 atom stereocenters. The zero-order valence-electron chi connectivity index (χ0n) is 10.3. The number of nitrogens with one attached hydrogen (secondary N) is 1. The second kappa shape index (κ2) is 6.15. The standard InChI is InChI=1S/C15H17NO2/c17-14-9-5-4-8-13(14)16-15(18)11-10-12-6-2-1-3-7-12/h1-3,5-7,9,13H,4,8,10-11H2,(H,16,18). The quantitative estimate of drug-likeness (QED) is 0.879. The van der Waals surface area contributed by atoms with E-state index in [4.69, 9.17) is 0 Å². The summed E-state index contributed by atoms with van der Waals surface area (Å²) < 4.78 is 0. The number of ketones is 1. The lowest BCUT2D eigenvalue weighted by Crippen LogP contribution is -2.41. The molecule has 1 amide bonds. The van der Waals surface area contributed by atoms with Crippen LogP contribution in [-0.2, 0) is 16.0 Å². The predicted octanol–water partition coefficient (Wildman–Crippen LogP) is 2.02. The molecule has 0 fully saturated rings. The Kier molecular flexibility index (Phi) is 4.29. The summed E-state index contributed by atoms with van der Waals surface area (Å²) in [7, 11) is 0. The number of aryl methyl sites for hydroxylation is 1. The minimum atomic E-state index is -0.321. The van der Waals surface area contributed by atoms with Crippen LogP contribution in [0.5, 0.6) is 0 Å². The Morgan fingerprint density at radius 2 is 2.06 bits per heavy atom. The first-order valence-corrected chi connectivity index (χ1v) is 6.29. The van der Waals surface area contributed by atoms with Crippen molar-refractivity contribution in [2.45, 2.75) is 31.7 Å². The predicted molar refractivity (Wildman–Crippen MR) is 70.1 cm³/mol. The van der Waals surface area contributed by atoms with Crippen LogP contribution < -0.4 is 5.32 Å². The first-order chi connectivity index (χ1) is 8.75. The zero-order chi connectivity index (χ0) is 12.8. The molecule has 0 radical (unpaired) electrons. The molecule has 3 heteroatoms. The van der Waals surface area contributed by atoms with E-state index in [-0.39, 0.29) is 17.7 Å². The monoisotopic (exact) mass is 243 g/mol. The number of hydrogen-bond acceptors (Lipinski definition) is 2. The lowest BCUT2D eigenvalue weighted by molar-refractivity contribution is -0.126. The van der Waals surface area contributed by atoms with Gasteiger partial charge < -0.3 is 5.32 Å². The van der Waals surface area contributed by atoms with Crippen molar-refractivity contribution in [1.29, 1.82) is 0 Å². The zero-order valence-corrected chi connectivity index (χ0v) is 10.3. The molecule has 1 aromatic carbocycles. The fourth-order valence-corrected chi connectivity index (χ4v) is 2.03. The summed E-state index contributed by atoms with van der Waals surface area (Å²) in [4.78, 5) is 23.2. The highest BCUT2D eigenvalue weighted by molar-refractivity contribution is 5.97. The van der Waals surface area contributed by atoms with Gasteiger partial charge in [0.25, 0.3) is 0 Å². The fraction of sp³-hybridized carbons (Fsp3) is 0.333. The Labute approximate surface area is 107 Å². The Balaban J connectivity index is 1.79. The SMILES string of the molecule is O=C(CCc1ccccc1)NC1CCC=CC1=O. The maximum absolute atomic E-state index is 11.7. The van der Waals surface area contributed by atoms with Gasteiger partial charge in [-0.15, -0.1) is 0 Å². The Bertz CT molecular complexity index is 451. The van der Waals surface area contributed by atoms with Crippen LogP contribution in [0.3, 0.4) is 0 Å². The molecular weight excluding hydrogens is 226 g/mol. The minimum Gasteiger partial charge on any atom is -0.346 e. The highest BCUT2D eigenvalue weighted by Gasteiger charge is 2.19. The highest BCUT2D eigenvalue weighted by Crippen LogP contribution is 2.08. The van der Waals surface area contributed by atoms with E-state index < -0.39 is 0 Å². The maximum atomic E-state index is 11.7. The van der Waals surface area contributed by atoms with Gasteiger partial charge in [-0.25, -0.2) is 0 Å². The van der Waals surface area contributed by atoms with Crippen molar-refractivity contribution in [3.63, 3.8) is 0 Å². The van der Waals surface area contributed by atoms with Gasteiger partial charge in [0.05, 0.1) is 6.04 Å². The second-order valence-electron chi connectivity index (χ2n) is 4.49. The molecule has 0 aromatic heterocycles. The summed E-state index contributed by atoms with van der Waals surface area (Å²) in [6, 6.07) is 9.56. The van der Waals surface area contributed by atoms with E-state index in [9.17, 15) is 9.59 Å². The van der Waals surface area contributed by atoms with Crippen molar-refractivity contribution in [3.05, 3.63) is 48.0 Å². The van der Waals surface area contributed by atoms with Gasteiger partial charge in [-0.05, 0) is 30.9 Å². The van der Waals surface area contributed by atoms with Gasteiger partial charge in [0, 0.05) is 6.42 Å². The summed E-state index contributed by atoms with van der Waals surface area (Å²) in [5.74, 6) is -0.0400. The van der Waals surface area contributed by atoms with Crippen LogP contribution in [-0.4, -0.2) is 17.7 Å². The van der Waals surface area contributed by atoms with Crippen molar-refractivity contribution < 1.29 is 9.59 Å². The van der Waals surface area contributed by atoms with Crippen molar-refractivity contribution in [2.75, 3.05) is 0 Å². The van der Waals surface area contributed by atoms with E-state index in [0.717, 1.165) is 12.0 Å². The van der Waals surface area contributed by atoms with Gasteiger partial charge in [-0.1, -0.05) is 36.4 Å². The van der Waals surface area contributed by atoms with Crippen molar-refractivity contribution in [3.8, 4) is 0 Å². The number of amides is 1. The largest absolute Gasteiger partial charge is 0.346 e. The van der Waals surface area contributed by atoms with E-state index in [1.807, 2.05) is 36.4 Å². The molecular formula is C15H17NO2. The third-order valence-corrected chi connectivity index (χ3v) is 3.07. The molecule has 0 heterocycles. The molecule has 1 aromatic rings. The van der Waals surface area contributed by atoms with Crippen molar-refractivity contribution in [1.82, 2.24) is 5.32 Å². The lowest BCUT2D eigenvalue weighted by Gasteiger charge is -2.18. The first-order valence-electron chi connectivity index (χ1n) is 6.29. The van der Waals surface area contributed by atoms with Crippen LogP contribution in [0, 0.1) is 0 Å². The number of carbonyl (C=O) groups excluding carboxylic acids is 2. The van der Waals surface area contributed by atoms with Crippen molar-refractivity contribution in [2.24, 2.45) is 0 Å². The van der Waals surface area contributed by atoms with Crippen LogP contribution in [0.15, 0.2) is 42.5 Å². The molecule has 3 nitrogen and oxygen atoms in total. The second-order valence-corrected chi connectivity index (χ2v) is 4.49. The van der Waals surface area contributed by atoms with Gasteiger partial charge in [-0.2, -0.15) is 0 Å². The normalized spacial score (nSPS) is 18.7. The lowest BCUT2D eigenvalue weighted by atomic mass is 10.0. The van der Waals surface area contributed by atoms with E-state index in [0.29, 0.717) is 19.3 Å². The summed E-state index contributed by atoms with van der Waals surface area (Å²) in [6.45, 7) is 0. The van der Waals surface area contributed by atoms with Gasteiger partial charge >= 0.3 is 0 Å². The van der Waals surface area contributed by atoms with Gasteiger partial charge in [0.1, 0.15) is 0 Å². The van der Waals surface area contributed by atoms with E-state index in [1.54, 1.807) is 6.08 Å². The molecule has 1 aliphatic carbocycles. The van der Waals surface area contributed by atoms with Crippen LogP contribution in [0.25, 0.3) is 0 Å². The topological polar surface area (TPSA) is 46.2 Å². The van der Waals surface area contributed by atoms with Gasteiger partial charge in [0.2, 0.25) is 5.91 Å². The molecule has 1 N–H and O–H groups in total. The number of allylic oxidation sites excluding steroid dienone is 1. The molecule has 0 saturated carbocycles. The Morgan fingerprint density at radius 3 is 2.78 bits per heavy atom. The van der Waals surface area contributed by atoms with Crippen LogP contribution in [0.4, 0.5) is 0 Å². The fourth-order valence-electron chi connectivity index (χ4n) is 2.03. The van der Waals surface area contributed by atoms with Crippen molar-refractivity contribution >= 4 is 11.7 Å². The number of carbonyl (C=O) groups is 2. The highest BCUT2D eigenvalue weighted by atomic mass is 16.2. The van der Waals surface area contributed by atoms with E-state index in [1.165, 1.54) is 0 Å². The molecule has 2 rings (SSSR count). The third kappa shape index (κ3) is 3.55. The maximum Gasteiger partial charge on any atom is 0.220 e. The molecule has 1 unspecified atom stereocenters. The van der Waals surface area contributed by atoms with E-state index in [2.05, 4.69) is 5.32 Å². The Morgan fingerprint density at radius 1 is 1.28 bits per heavy atom. The minimum absolute atomic E-state index is 0.00862. The third-order valence-electron chi connectivity index (χ3n) is 3.07. The van der Waals surface area contributed by atoms with Gasteiger partial charge in [-0.3, -0.25) is 9.59 Å². The summed E-state index contributed by atoms with van der Waals surface area (Å²) >= 11 is 0. The number of rotatable bonds is 4. The number of benzene rings is 1. The van der Waals surface area contributed by atoms with E-state index >= 15 is 0 Å². The average Bonchev–Trinajstić information content (AvgIpc) is 2.40. The molecule has 0 aliphatic heterocycles. The Hall–Kier alpha value is -1.90. The summed E-state index contributed by atoms with van der Waals surface area (Å²) in [5, 5.41) is 2.80. The number of hydrogen-bond donors (Lipinski definition) is 1. The van der Waals surface area contributed by atoms with Gasteiger partial charge in [0.15, 0.2) is 5.78 Å². The molecule has 18 heavy (non-hydrogen) atoms. The summed E-state index contributed by atoms with van der Waals surface area (Å²) in [5.41, 5.74) is 1.14. The van der Waals surface area contributed by atoms with Crippen LogP contribution in [0.1, 0.15) is 24.8 Å². The van der Waals surface area contributed by atoms with Crippen LogP contribution in [0.2, 0.25) is 0 Å². The first kappa shape index (κ1) is 12.6. The smallest absolute Gasteiger partial charge is 0.220 e. The molecule has 0 bridgehead atoms. The molecule has 94 valence electrons. The molecule has 0 spiro atoms. The molecule has 1 aliphatic rings. The molecule has 0 saturated heterocycles.